The molecule has 0 spiro atoms. The number of alkyl halides is 6. The first-order chi connectivity index (χ1) is 9.99. The second-order valence-electron chi connectivity index (χ2n) is 4.60. The summed E-state index contributed by atoms with van der Waals surface area (Å²) in [6.07, 6.45) is -6.80. The smallest absolute Gasteiger partial charge is 0.422 e. The number of rotatable bonds is 4. The number of carbonyl (C=O) groups excluding carboxylic acids is 2. The van der Waals surface area contributed by atoms with E-state index in [1.54, 1.807) is 0 Å². The van der Waals surface area contributed by atoms with Gasteiger partial charge >= 0.3 is 24.3 Å². The number of ether oxygens (including phenoxy) is 2. The lowest BCUT2D eigenvalue weighted by molar-refractivity contribution is -0.196. The Kier molecular flexibility index (Phi) is 5.84. The first-order valence-corrected chi connectivity index (χ1v) is 6.11. The Hall–Kier alpha value is -1.74. The van der Waals surface area contributed by atoms with Crippen molar-refractivity contribution in [2.45, 2.75) is 25.2 Å². The van der Waals surface area contributed by atoms with E-state index in [1.165, 1.54) is 12.2 Å². The van der Waals surface area contributed by atoms with E-state index in [1.807, 2.05) is 0 Å². The van der Waals surface area contributed by atoms with Gasteiger partial charge in [-0.05, 0) is 12.8 Å². The maximum Gasteiger partial charge on any atom is 0.422 e. The first kappa shape index (κ1) is 18.3. The topological polar surface area (TPSA) is 52.6 Å². The fourth-order valence-electron chi connectivity index (χ4n) is 1.86. The molecular formula is C12H12F6O4. The largest absolute Gasteiger partial charge is 0.456 e. The Morgan fingerprint density at radius 3 is 1.41 bits per heavy atom. The lowest BCUT2D eigenvalue weighted by Crippen LogP contribution is -2.36. The average molecular weight is 334 g/mol. The van der Waals surface area contributed by atoms with Crippen LogP contribution in [0.15, 0.2) is 12.2 Å². The second-order valence-corrected chi connectivity index (χ2v) is 4.60. The van der Waals surface area contributed by atoms with E-state index in [2.05, 4.69) is 9.47 Å². The van der Waals surface area contributed by atoms with E-state index in [4.69, 9.17) is 0 Å². The summed E-state index contributed by atoms with van der Waals surface area (Å²) < 4.78 is 80.0. The molecule has 0 N–H and O–H groups in total. The summed E-state index contributed by atoms with van der Waals surface area (Å²) in [6.45, 7) is -3.65. The van der Waals surface area contributed by atoms with Gasteiger partial charge in [-0.25, -0.2) is 0 Å². The fourth-order valence-corrected chi connectivity index (χ4v) is 1.86. The highest BCUT2D eigenvalue weighted by molar-refractivity contribution is 5.82. The summed E-state index contributed by atoms with van der Waals surface area (Å²) >= 11 is 0. The summed E-state index contributed by atoms with van der Waals surface area (Å²) in [4.78, 5) is 23.1. The van der Waals surface area contributed by atoms with Crippen molar-refractivity contribution in [1.82, 2.24) is 0 Å². The first-order valence-electron chi connectivity index (χ1n) is 6.11. The quantitative estimate of drug-likeness (QED) is 0.451. The van der Waals surface area contributed by atoms with Crippen LogP contribution in [0, 0.1) is 11.8 Å². The van der Waals surface area contributed by atoms with Gasteiger partial charge in [0, 0.05) is 0 Å². The SMILES string of the molecule is O=C(OCC(F)(F)F)C1CC=CCC1C(=O)OCC(F)(F)F. The molecule has 0 radical (unpaired) electrons. The van der Waals surface area contributed by atoms with Crippen molar-refractivity contribution in [2.75, 3.05) is 13.2 Å². The standard InChI is InChI=1S/C12H12F6O4/c13-11(14,15)5-21-9(19)7-3-1-2-4-8(7)10(20)22-6-12(16,17)18/h1-2,7-8H,3-6H2. The molecule has 0 saturated carbocycles. The maximum absolute atomic E-state index is 12.0. The monoisotopic (exact) mass is 334 g/mol. The van der Waals surface area contributed by atoms with Gasteiger partial charge in [-0.1, -0.05) is 12.2 Å². The van der Waals surface area contributed by atoms with Crippen LogP contribution in [-0.4, -0.2) is 37.5 Å². The maximum atomic E-state index is 12.0. The molecule has 126 valence electrons. The summed E-state index contributed by atoms with van der Waals surface area (Å²) in [7, 11) is 0. The van der Waals surface area contributed by atoms with Crippen LogP contribution in [0.5, 0.6) is 0 Å². The molecule has 2 atom stereocenters. The minimum absolute atomic E-state index is 0.109. The van der Waals surface area contributed by atoms with Crippen LogP contribution in [-0.2, 0) is 19.1 Å². The molecule has 0 amide bonds. The number of esters is 2. The van der Waals surface area contributed by atoms with Crippen LogP contribution in [0.25, 0.3) is 0 Å². The Morgan fingerprint density at radius 1 is 0.818 bits per heavy atom. The van der Waals surface area contributed by atoms with E-state index in [-0.39, 0.29) is 12.8 Å². The van der Waals surface area contributed by atoms with Crippen LogP contribution < -0.4 is 0 Å². The molecule has 10 heteroatoms. The summed E-state index contributed by atoms with van der Waals surface area (Å²) in [6, 6.07) is 0. The van der Waals surface area contributed by atoms with Crippen molar-refractivity contribution in [3.63, 3.8) is 0 Å². The molecule has 0 aromatic rings. The summed E-state index contributed by atoms with van der Waals surface area (Å²) in [5.74, 6) is -5.19. The zero-order valence-electron chi connectivity index (χ0n) is 11.0. The zero-order valence-corrected chi connectivity index (χ0v) is 11.0. The highest BCUT2D eigenvalue weighted by Crippen LogP contribution is 2.29. The molecule has 1 aliphatic carbocycles. The van der Waals surface area contributed by atoms with Crippen molar-refractivity contribution in [1.29, 1.82) is 0 Å². The highest BCUT2D eigenvalue weighted by Gasteiger charge is 2.40. The number of allylic oxidation sites excluding steroid dienone is 2. The summed E-state index contributed by atoms with van der Waals surface area (Å²) in [5.41, 5.74) is 0. The molecular weight excluding hydrogens is 322 g/mol. The van der Waals surface area contributed by atoms with Gasteiger partial charge in [0.2, 0.25) is 0 Å². The Morgan fingerprint density at radius 2 is 1.14 bits per heavy atom. The van der Waals surface area contributed by atoms with E-state index < -0.39 is 49.3 Å². The molecule has 0 saturated heterocycles. The molecule has 1 aliphatic rings. The number of hydrogen-bond donors (Lipinski definition) is 0. The molecule has 22 heavy (non-hydrogen) atoms. The van der Waals surface area contributed by atoms with Gasteiger partial charge in [-0.3, -0.25) is 9.59 Å². The van der Waals surface area contributed by atoms with Crippen molar-refractivity contribution in [3.8, 4) is 0 Å². The minimum atomic E-state index is -4.73. The number of halogens is 6. The van der Waals surface area contributed by atoms with Gasteiger partial charge in [0.15, 0.2) is 13.2 Å². The predicted octanol–water partition coefficient (Wildman–Crippen LogP) is 2.78. The molecule has 0 aliphatic heterocycles. The van der Waals surface area contributed by atoms with Gasteiger partial charge in [-0.15, -0.1) is 0 Å². The van der Waals surface area contributed by atoms with E-state index in [9.17, 15) is 35.9 Å². The van der Waals surface area contributed by atoms with Crippen LogP contribution in [0.2, 0.25) is 0 Å². The highest BCUT2D eigenvalue weighted by atomic mass is 19.4. The number of carbonyl (C=O) groups is 2. The van der Waals surface area contributed by atoms with Crippen molar-refractivity contribution in [2.24, 2.45) is 11.8 Å². The van der Waals surface area contributed by atoms with Crippen LogP contribution in [0.3, 0.4) is 0 Å². The Labute approximate surface area is 121 Å². The minimum Gasteiger partial charge on any atom is -0.456 e. The molecule has 4 nitrogen and oxygen atoms in total. The van der Waals surface area contributed by atoms with Crippen molar-refractivity contribution < 1.29 is 45.4 Å². The molecule has 0 aromatic heterocycles. The molecule has 2 unspecified atom stereocenters. The van der Waals surface area contributed by atoms with E-state index in [0.717, 1.165) is 0 Å². The number of hydrogen-bond acceptors (Lipinski definition) is 4. The van der Waals surface area contributed by atoms with Crippen LogP contribution >= 0.6 is 0 Å². The lowest BCUT2D eigenvalue weighted by atomic mass is 9.83. The van der Waals surface area contributed by atoms with Gasteiger partial charge in [-0.2, -0.15) is 26.3 Å². The van der Waals surface area contributed by atoms with Gasteiger partial charge in [0.1, 0.15) is 0 Å². The molecule has 1 rings (SSSR count). The third-order valence-electron chi connectivity index (χ3n) is 2.79. The van der Waals surface area contributed by atoms with E-state index in [0.29, 0.717) is 0 Å². The van der Waals surface area contributed by atoms with Gasteiger partial charge in [0.05, 0.1) is 11.8 Å². The normalized spacial score (nSPS) is 22.3. The van der Waals surface area contributed by atoms with Crippen molar-refractivity contribution >= 4 is 11.9 Å². The Bertz CT molecular complexity index is 400. The predicted molar refractivity (Wildman–Crippen MR) is 59.4 cm³/mol. The molecule has 0 bridgehead atoms. The lowest BCUT2D eigenvalue weighted by Gasteiger charge is -2.25. The zero-order chi connectivity index (χ0) is 17.0. The average Bonchev–Trinajstić information content (AvgIpc) is 2.40. The van der Waals surface area contributed by atoms with Crippen LogP contribution in [0.4, 0.5) is 26.3 Å². The molecule has 0 aromatic carbocycles. The second kappa shape index (κ2) is 7.01. The van der Waals surface area contributed by atoms with Crippen LogP contribution in [0.1, 0.15) is 12.8 Å². The third kappa shape index (κ3) is 6.35. The van der Waals surface area contributed by atoms with E-state index >= 15 is 0 Å². The Balaban J connectivity index is 2.65. The van der Waals surface area contributed by atoms with Gasteiger partial charge < -0.3 is 9.47 Å². The molecule has 0 heterocycles. The van der Waals surface area contributed by atoms with Crippen molar-refractivity contribution in [3.05, 3.63) is 12.2 Å². The summed E-state index contributed by atoms with van der Waals surface area (Å²) in [5, 5.41) is 0. The third-order valence-corrected chi connectivity index (χ3v) is 2.79. The molecule has 0 fully saturated rings. The fraction of sp³-hybridized carbons (Fsp3) is 0.667. The van der Waals surface area contributed by atoms with Gasteiger partial charge in [0.25, 0.3) is 0 Å².